The van der Waals surface area contributed by atoms with E-state index in [0.717, 1.165) is 51.6 Å². The molecular formula is C14H24O3. The monoisotopic (exact) mass is 240 g/mol. The lowest BCUT2D eigenvalue weighted by Gasteiger charge is -2.27. The molecule has 0 bridgehead atoms. The Morgan fingerprint density at radius 2 is 2.12 bits per heavy atom. The minimum atomic E-state index is -0.437. The summed E-state index contributed by atoms with van der Waals surface area (Å²) in [5, 5.41) is 0. The molecule has 0 aromatic rings. The summed E-state index contributed by atoms with van der Waals surface area (Å²) >= 11 is 0. The van der Waals surface area contributed by atoms with E-state index in [2.05, 4.69) is 0 Å². The van der Waals surface area contributed by atoms with Gasteiger partial charge in [-0.25, -0.2) is 0 Å². The van der Waals surface area contributed by atoms with Crippen LogP contribution in [0.1, 0.15) is 58.3 Å². The fourth-order valence-corrected chi connectivity index (χ4v) is 3.12. The third-order valence-electron chi connectivity index (χ3n) is 4.06. The van der Waals surface area contributed by atoms with Gasteiger partial charge in [-0.1, -0.05) is 0 Å². The molecule has 1 aliphatic carbocycles. The highest BCUT2D eigenvalue weighted by Gasteiger charge is 2.41. The quantitative estimate of drug-likeness (QED) is 0.716. The van der Waals surface area contributed by atoms with Crippen molar-refractivity contribution >= 4 is 5.78 Å². The molecule has 3 nitrogen and oxygen atoms in total. The zero-order valence-corrected chi connectivity index (χ0v) is 10.9. The van der Waals surface area contributed by atoms with Gasteiger partial charge in [-0.3, -0.25) is 4.79 Å². The lowest BCUT2D eigenvalue weighted by Crippen LogP contribution is -2.39. The van der Waals surface area contributed by atoms with Crippen LogP contribution in [0.15, 0.2) is 0 Å². The van der Waals surface area contributed by atoms with Crippen LogP contribution in [0.3, 0.4) is 0 Å². The first-order chi connectivity index (χ1) is 8.27. The molecule has 0 spiro atoms. The Bertz CT molecular complexity index is 250. The molecule has 3 heteroatoms. The average Bonchev–Trinajstić information content (AvgIpc) is 2.97. The van der Waals surface area contributed by atoms with Gasteiger partial charge in [-0.2, -0.15) is 0 Å². The molecule has 0 amide bonds. The number of rotatable bonds is 6. The second-order valence-electron chi connectivity index (χ2n) is 5.23. The number of hydrogen-bond acceptors (Lipinski definition) is 3. The molecule has 1 saturated carbocycles. The van der Waals surface area contributed by atoms with E-state index in [9.17, 15) is 4.79 Å². The largest absolute Gasteiger partial charge is 0.378 e. The van der Waals surface area contributed by atoms with Crippen molar-refractivity contribution in [3.63, 3.8) is 0 Å². The Morgan fingerprint density at radius 3 is 2.71 bits per heavy atom. The molecule has 2 rings (SSSR count). The zero-order valence-electron chi connectivity index (χ0n) is 10.9. The number of Topliss-reactive ketones (excluding diaryl/α,β-unsaturated/α-hetero) is 1. The van der Waals surface area contributed by atoms with Crippen molar-refractivity contribution in [2.75, 3.05) is 13.2 Å². The number of ketones is 1. The molecule has 0 N–H and O–H groups in total. The van der Waals surface area contributed by atoms with Gasteiger partial charge in [0.05, 0.1) is 6.10 Å². The second kappa shape index (κ2) is 5.96. The topological polar surface area (TPSA) is 35.5 Å². The van der Waals surface area contributed by atoms with Gasteiger partial charge in [0.15, 0.2) is 5.78 Å². The highest BCUT2D eigenvalue weighted by Crippen LogP contribution is 2.35. The second-order valence-corrected chi connectivity index (χ2v) is 5.23. The number of hydrogen-bond donors (Lipinski definition) is 0. The molecule has 1 saturated heterocycles. The third kappa shape index (κ3) is 3.08. The van der Waals surface area contributed by atoms with Gasteiger partial charge < -0.3 is 9.47 Å². The van der Waals surface area contributed by atoms with Crippen LogP contribution < -0.4 is 0 Å². The molecule has 1 heterocycles. The summed E-state index contributed by atoms with van der Waals surface area (Å²) in [5.74, 6) is 0.312. The molecule has 1 aliphatic heterocycles. The van der Waals surface area contributed by atoms with Crippen molar-refractivity contribution in [3.05, 3.63) is 0 Å². The van der Waals surface area contributed by atoms with Crippen molar-refractivity contribution < 1.29 is 14.3 Å². The lowest BCUT2D eigenvalue weighted by atomic mass is 9.92. The van der Waals surface area contributed by atoms with Crippen molar-refractivity contribution in [3.8, 4) is 0 Å². The van der Waals surface area contributed by atoms with E-state index in [1.807, 2.05) is 6.92 Å². The molecule has 1 atom stereocenters. The van der Waals surface area contributed by atoms with Gasteiger partial charge in [0.2, 0.25) is 0 Å². The van der Waals surface area contributed by atoms with Crippen molar-refractivity contribution in [2.24, 2.45) is 0 Å². The fraction of sp³-hybridized carbons (Fsp3) is 0.929. The summed E-state index contributed by atoms with van der Waals surface area (Å²) in [6, 6.07) is 0. The van der Waals surface area contributed by atoms with E-state index >= 15 is 0 Å². The summed E-state index contributed by atoms with van der Waals surface area (Å²) in [4.78, 5) is 12.3. The van der Waals surface area contributed by atoms with E-state index in [1.165, 1.54) is 0 Å². The molecule has 2 aliphatic rings. The summed E-state index contributed by atoms with van der Waals surface area (Å²) in [7, 11) is 0. The SMILES string of the molecule is CCOC1(C(=O)CCC2CCCO2)CCCC1. The highest BCUT2D eigenvalue weighted by atomic mass is 16.5. The highest BCUT2D eigenvalue weighted by molar-refractivity contribution is 5.87. The Balaban J connectivity index is 1.83. The summed E-state index contributed by atoms with van der Waals surface area (Å²) in [5.41, 5.74) is -0.437. The van der Waals surface area contributed by atoms with Crippen molar-refractivity contribution in [2.45, 2.75) is 70.0 Å². The standard InChI is InChI=1S/C14H24O3/c1-2-17-14(9-3-4-10-14)13(15)8-7-12-6-5-11-16-12/h12H,2-11H2,1H3. The predicted molar refractivity (Wildman–Crippen MR) is 66.0 cm³/mol. The third-order valence-corrected chi connectivity index (χ3v) is 4.06. The molecule has 1 unspecified atom stereocenters. The average molecular weight is 240 g/mol. The molecule has 0 aromatic heterocycles. The van der Waals surface area contributed by atoms with Crippen LogP contribution in [0, 0.1) is 0 Å². The van der Waals surface area contributed by atoms with Gasteiger partial charge in [-0.15, -0.1) is 0 Å². The first-order valence-corrected chi connectivity index (χ1v) is 7.06. The van der Waals surface area contributed by atoms with Crippen LogP contribution in [-0.4, -0.2) is 30.7 Å². The Kier molecular flexibility index (Phi) is 4.57. The van der Waals surface area contributed by atoms with Gasteiger partial charge in [-0.05, 0) is 51.9 Å². The number of carbonyl (C=O) groups is 1. The van der Waals surface area contributed by atoms with Gasteiger partial charge in [0.25, 0.3) is 0 Å². The van der Waals surface area contributed by atoms with Crippen LogP contribution in [0.5, 0.6) is 0 Å². The summed E-state index contributed by atoms with van der Waals surface area (Å²) < 4.78 is 11.3. The van der Waals surface area contributed by atoms with E-state index in [-0.39, 0.29) is 0 Å². The van der Waals surface area contributed by atoms with Crippen LogP contribution in [0.2, 0.25) is 0 Å². The summed E-state index contributed by atoms with van der Waals surface area (Å²) in [6.07, 6.45) is 8.20. The molecular weight excluding hydrogens is 216 g/mol. The maximum atomic E-state index is 12.3. The lowest BCUT2D eigenvalue weighted by molar-refractivity contribution is -0.144. The first kappa shape index (κ1) is 13.0. The maximum absolute atomic E-state index is 12.3. The molecule has 2 fully saturated rings. The maximum Gasteiger partial charge on any atom is 0.164 e. The molecule has 98 valence electrons. The van der Waals surface area contributed by atoms with Crippen LogP contribution >= 0.6 is 0 Å². The van der Waals surface area contributed by atoms with E-state index < -0.39 is 5.60 Å². The number of ether oxygens (including phenoxy) is 2. The summed E-state index contributed by atoms with van der Waals surface area (Å²) in [6.45, 7) is 3.49. The van der Waals surface area contributed by atoms with Crippen LogP contribution in [0.25, 0.3) is 0 Å². The molecule has 0 radical (unpaired) electrons. The zero-order chi connectivity index (χ0) is 12.1. The van der Waals surface area contributed by atoms with Crippen LogP contribution in [0.4, 0.5) is 0 Å². The van der Waals surface area contributed by atoms with Gasteiger partial charge in [0.1, 0.15) is 5.60 Å². The van der Waals surface area contributed by atoms with Gasteiger partial charge in [0, 0.05) is 19.6 Å². The van der Waals surface area contributed by atoms with E-state index in [4.69, 9.17) is 9.47 Å². The molecule has 17 heavy (non-hydrogen) atoms. The van der Waals surface area contributed by atoms with Crippen molar-refractivity contribution in [1.29, 1.82) is 0 Å². The fourth-order valence-electron chi connectivity index (χ4n) is 3.12. The first-order valence-electron chi connectivity index (χ1n) is 7.06. The Morgan fingerprint density at radius 1 is 1.35 bits per heavy atom. The minimum absolute atomic E-state index is 0.312. The van der Waals surface area contributed by atoms with Crippen molar-refractivity contribution in [1.82, 2.24) is 0 Å². The molecule has 0 aromatic carbocycles. The smallest absolute Gasteiger partial charge is 0.164 e. The Labute approximate surface area is 104 Å². The predicted octanol–water partition coefficient (Wildman–Crippen LogP) is 2.86. The minimum Gasteiger partial charge on any atom is -0.378 e. The van der Waals surface area contributed by atoms with Gasteiger partial charge >= 0.3 is 0 Å². The van der Waals surface area contributed by atoms with E-state index in [1.54, 1.807) is 0 Å². The number of carbonyl (C=O) groups excluding carboxylic acids is 1. The normalized spacial score (nSPS) is 27.5. The van der Waals surface area contributed by atoms with E-state index in [0.29, 0.717) is 24.9 Å². The Hall–Kier alpha value is -0.410. The van der Waals surface area contributed by atoms with Crippen LogP contribution in [-0.2, 0) is 14.3 Å².